The second-order valence-electron chi connectivity index (χ2n) is 6.57. The number of aryl methyl sites for hydroxylation is 2. The van der Waals surface area contributed by atoms with E-state index in [9.17, 15) is 9.18 Å². The van der Waals surface area contributed by atoms with Gasteiger partial charge in [0.25, 0.3) is 0 Å². The molecule has 0 bridgehead atoms. The number of para-hydroxylation sites is 1. The van der Waals surface area contributed by atoms with Gasteiger partial charge in [-0.25, -0.2) is 9.18 Å². The van der Waals surface area contributed by atoms with Crippen LogP contribution >= 0.6 is 0 Å². The minimum atomic E-state index is -0.410. The number of aromatic nitrogens is 1. The van der Waals surface area contributed by atoms with Crippen LogP contribution in [0.3, 0.4) is 0 Å². The molecule has 27 heavy (non-hydrogen) atoms. The number of rotatable bonds is 3. The van der Waals surface area contributed by atoms with Crippen LogP contribution in [0.1, 0.15) is 22.4 Å². The van der Waals surface area contributed by atoms with Gasteiger partial charge in [0.05, 0.1) is 11.3 Å². The molecule has 3 nitrogen and oxygen atoms in total. The van der Waals surface area contributed by atoms with E-state index in [0.29, 0.717) is 22.7 Å². The van der Waals surface area contributed by atoms with E-state index in [4.69, 9.17) is 4.74 Å². The molecule has 0 fully saturated rings. The number of esters is 1. The number of nitrogens with zero attached hydrogens (tertiary/aromatic N) is 1. The molecule has 2 aromatic carbocycles. The summed E-state index contributed by atoms with van der Waals surface area (Å²) in [5.74, 6) is -0.197. The number of ether oxygens (including phenoxy) is 1. The standard InChI is InChI=1S/C23H18FNO2/c1-15-9-10-16(2)19(12-15)22-14-17(23(26)27-22)13-18-6-5-11-25(18)21-8-4-3-7-20(21)24/h3-14H,1-2H3. The van der Waals surface area contributed by atoms with Crippen LogP contribution in [0.15, 0.2) is 72.4 Å². The summed E-state index contributed by atoms with van der Waals surface area (Å²) in [6, 6.07) is 16.2. The number of hydrogen-bond acceptors (Lipinski definition) is 2. The normalized spacial score (nSPS) is 15.1. The number of hydrogen-bond donors (Lipinski definition) is 0. The number of carbonyl (C=O) groups excluding carboxylic acids is 1. The van der Waals surface area contributed by atoms with Gasteiger partial charge in [-0.2, -0.15) is 0 Å². The van der Waals surface area contributed by atoms with E-state index in [-0.39, 0.29) is 5.82 Å². The average molecular weight is 359 g/mol. The van der Waals surface area contributed by atoms with E-state index in [1.165, 1.54) is 6.07 Å². The van der Waals surface area contributed by atoms with Crippen molar-refractivity contribution in [3.05, 3.63) is 101 Å². The Kier molecular flexibility index (Phi) is 4.24. The van der Waals surface area contributed by atoms with Gasteiger partial charge in [0.15, 0.2) is 0 Å². The van der Waals surface area contributed by atoms with Crippen LogP contribution in [-0.4, -0.2) is 10.5 Å². The molecule has 1 aromatic heterocycles. The second-order valence-corrected chi connectivity index (χ2v) is 6.57. The second kappa shape index (κ2) is 6.72. The van der Waals surface area contributed by atoms with Gasteiger partial charge in [0, 0.05) is 17.5 Å². The van der Waals surface area contributed by atoms with E-state index in [2.05, 4.69) is 0 Å². The Morgan fingerprint density at radius 2 is 1.85 bits per heavy atom. The molecule has 0 atom stereocenters. The van der Waals surface area contributed by atoms with Crippen LogP contribution in [-0.2, 0) is 9.53 Å². The number of halogens is 1. The zero-order chi connectivity index (χ0) is 19.0. The molecular weight excluding hydrogens is 341 g/mol. The highest BCUT2D eigenvalue weighted by atomic mass is 19.1. The van der Waals surface area contributed by atoms with Crippen molar-refractivity contribution in [2.75, 3.05) is 0 Å². The summed E-state index contributed by atoms with van der Waals surface area (Å²) in [6.07, 6.45) is 5.22. The van der Waals surface area contributed by atoms with Gasteiger partial charge in [-0.3, -0.25) is 0 Å². The molecule has 4 rings (SSSR count). The van der Waals surface area contributed by atoms with Crippen molar-refractivity contribution < 1.29 is 13.9 Å². The first-order valence-corrected chi connectivity index (χ1v) is 8.68. The molecule has 0 spiro atoms. The molecule has 4 heteroatoms. The summed E-state index contributed by atoms with van der Waals surface area (Å²) in [5, 5.41) is 0. The van der Waals surface area contributed by atoms with Gasteiger partial charge in [0.1, 0.15) is 11.6 Å². The van der Waals surface area contributed by atoms with Crippen molar-refractivity contribution in [3.63, 3.8) is 0 Å². The van der Waals surface area contributed by atoms with Gasteiger partial charge >= 0.3 is 5.97 Å². The maximum Gasteiger partial charge on any atom is 0.343 e. The first-order valence-electron chi connectivity index (χ1n) is 8.68. The van der Waals surface area contributed by atoms with Crippen molar-refractivity contribution in [2.24, 2.45) is 0 Å². The van der Waals surface area contributed by atoms with Gasteiger partial charge in [0.2, 0.25) is 0 Å². The smallest absolute Gasteiger partial charge is 0.343 e. The Morgan fingerprint density at radius 1 is 1.04 bits per heavy atom. The lowest BCUT2D eigenvalue weighted by Crippen LogP contribution is -2.01. The van der Waals surface area contributed by atoms with Crippen molar-refractivity contribution in [2.45, 2.75) is 13.8 Å². The Morgan fingerprint density at radius 3 is 2.67 bits per heavy atom. The molecule has 0 amide bonds. The fraction of sp³-hybridized carbons (Fsp3) is 0.0870. The molecule has 0 saturated carbocycles. The van der Waals surface area contributed by atoms with Crippen molar-refractivity contribution in [1.29, 1.82) is 0 Å². The van der Waals surface area contributed by atoms with Gasteiger partial charge in [-0.1, -0.05) is 29.8 Å². The van der Waals surface area contributed by atoms with E-state index in [1.54, 1.807) is 41.1 Å². The summed E-state index contributed by atoms with van der Waals surface area (Å²) in [7, 11) is 0. The van der Waals surface area contributed by atoms with Crippen LogP contribution in [0, 0.1) is 19.7 Å². The Labute approximate surface area is 157 Å². The molecular formula is C23H18FNO2. The SMILES string of the molecule is Cc1ccc(C)c(C2=CC(=Cc3cccn3-c3ccccc3F)C(=O)O2)c1. The Bertz CT molecular complexity index is 1110. The highest BCUT2D eigenvalue weighted by Gasteiger charge is 2.23. The highest BCUT2D eigenvalue weighted by Crippen LogP contribution is 2.30. The topological polar surface area (TPSA) is 31.2 Å². The highest BCUT2D eigenvalue weighted by molar-refractivity contribution is 6.05. The van der Waals surface area contributed by atoms with Gasteiger partial charge in [-0.05, 0) is 61.9 Å². The van der Waals surface area contributed by atoms with Crippen LogP contribution < -0.4 is 0 Å². The van der Waals surface area contributed by atoms with Gasteiger partial charge < -0.3 is 9.30 Å². The molecule has 134 valence electrons. The summed E-state index contributed by atoms with van der Waals surface area (Å²) in [4.78, 5) is 12.4. The van der Waals surface area contributed by atoms with E-state index in [0.717, 1.165) is 16.7 Å². The molecule has 2 heterocycles. The summed E-state index contributed by atoms with van der Waals surface area (Å²) < 4.78 is 21.3. The molecule has 0 saturated heterocycles. The van der Waals surface area contributed by atoms with Crippen LogP contribution in [0.2, 0.25) is 0 Å². The number of cyclic esters (lactones) is 1. The monoisotopic (exact) mass is 359 g/mol. The third-order valence-electron chi connectivity index (χ3n) is 4.58. The predicted molar refractivity (Wildman–Crippen MR) is 104 cm³/mol. The van der Waals surface area contributed by atoms with E-state index < -0.39 is 5.97 Å². The first kappa shape index (κ1) is 17.0. The molecule has 0 unspecified atom stereocenters. The zero-order valence-corrected chi connectivity index (χ0v) is 15.1. The van der Waals surface area contributed by atoms with Crippen LogP contribution in [0.25, 0.3) is 17.5 Å². The summed E-state index contributed by atoms with van der Waals surface area (Å²) >= 11 is 0. The Balaban J connectivity index is 1.75. The lowest BCUT2D eigenvalue weighted by atomic mass is 10.0. The molecule has 0 radical (unpaired) electrons. The molecule has 1 aliphatic heterocycles. The minimum Gasteiger partial charge on any atom is -0.422 e. The fourth-order valence-corrected chi connectivity index (χ4v) is 3.16. The Hall–Kier alpha value is -3.40. The van der Waals surface area contributed by atoms with Crippen molar-refractivity contribution in [1.82, 2.24) is 4.57 Å². The van der Waals surface area contributed by atoms with Crippen molar-refractivity contribution in [3.8, 4) is 5.69 Å². The lowest BCUT2D eigenvalue weighted by Gasteiger charge is -2.07. The average Bonchev–Trinajstić information content (AvgIpc) is 3.25. The van der Waals surface area contributed by atoms with E-state index in [1.807, 2.05) is 44.2 Å². The quantitative estimate of drug-likeness (QED) is 0.474. The first-order chi connectivity index (χ1) is 13.0. The van der Waals surface area contributed by atoms with Crippen molar-refractivity contribution >= 4 is 17.8 Å². The molecule has 3 aromatic rings. The minimum absolute atomic E-state index is 0.325. The number of benzene rings is 2. The third-order valence-corrected chi connectivity index (χ3v) is 4.58. The summed E-state index contributed by atoms with van der Waals surface area (Å²) in [6.45, 7) is 3.98. The van der Waals surface area contributed by atoms with Crippen LogP contribution in [0.4, 0.5) is 4.39 Å². The fourth-order valence-electron chi connectivity index (χ4n) is 3.16. The van der Waals surface area contributed by atoms with Gasteiger partial charge in [-0.15, -0.1) is 0 Å². The maximum absolute atomic E-state index is 14.1. The zero-order valence-electron chi connectivity index (χ0n) is 15.1. The maximum atomic E-state index is 14.1. The van der Waals surface area contributed by atoms with E-state index >= 15 is 0 Å². The third kappa shape index (κ3) is 3.22. The molecule has 1 aliphatic rings. The largest absolute Gasteiger partial charge is 0.422 e. The summed E-state index contributed by atoms with van der Waals surface area (Å²) in [5.41, 5.74) is 4.59. The predicted octanol–water partition coefficient (Wildman–Crippen LogP) is 5.21. The molecule has 0 N–H and O–H groups in total. The van der Waals surface area contributed by atoms with Crippen LogP contribution in [0.5, 0.6) is 0 Å². The lowest BCUT2D eigenvalue weighted by molar-refractivity contribution is -0.130. The number of carbonyl (C=O) groups is 1. The molecule has 0 aliphatic carbocycles.